The van der Waals surface area contributed by atoms with Crippen LogP contribution in [0.3, 0.4) is 0 Å². The van der Waals surface area contributed by atoms with E-state index in [-0.39, 0.29) is 17.3 Å². The number of hydrogen-bond donors (Lipinski definition) is 1. The van der Waals surface area contributed by atoms with E-state index in [1.165, 1.54) is 24.1 Å². The van der Waals surface area contributed by atoms with Crippen molar-refractivity contribution in [2.45, 2.75) is 44.7 Å². The molecule has 8 heteroatoms. The quantitative estimate of drug-likeness (QED) is 0.449. The number of likely N-dealkylation sites (N-methyl/N-ethyl adjacent to an activating group) is 1. The van der Waals surface area contributed by atoms with Crippen LogP contribution in [-0.4, -0.2) is 44.8 Å². The van der Waals surface area contributed by atoms with Gasteiger partial charge in [-0.15, -0.1) is 0 Å². The minimum atomic E-state index is -4.05. The molecule has 36 heavy (non-hydrogen) atoms. The summed E-state index contributed by atoms with van der Waals surface area (Å²) in [6.45, 7) is 5.41. The Kier molecular flexibility index (Phi) is 8.88. The molecule has 3 aromatic rings. The zero-order valence-corrected chi connectivity index (χ0v) is 22.0. The Morgan fingerprint density at radius 3 is 1.94 bits per heavy atom. The fourth-order valence-electron chi connectivity index (χ4n) is 3.94. The summed E-state index contributed by atoms with van der Waals surface area (Å²) in [6.07, 6.45) is 0.382. The van der Waals surface area contributed by atoms with Gasteiger partial charge in [-0.2, -0.15) is 0 Å². The molecule has 0 aliphatic rings. The molecule has 0 bridgehead atoms. The van der Waals surface area contributed by atoms with Crippen LogP contribution in [0.2, 0.25) is 0 Å². The highest BCUT2D eigenvalue weighted by molar-refractivity contribution is 7.92. The fraction of sp³-hybridized carbons (Fsp3) is 0.286. The third-order valence-electron chi connectivity index (χ3n) is 6.04. The minimum absolute atomic E-state index is 0.0909. The number of anilines is 1. The predicted octanol–water partition coefficient (Wildman–Crippen LogP) is 4.05. The van der Waals surface area contributed by atoms with Gasteiger partial charge in [0, 0.05) is 13.6 Å². The number of aryl methyl sites for hydroxylation is 2. The molecule has 0 radical (unpaired) electrons. The van der Waals surface area contributed by atoms with Gasteiger partial charge in [-0.05, 0) is 50.1 Å². The summed E-state index contributed by atoms with van der Waals surface area (Å²) in [6, 6.07) is 22.0. The molecule has 2 amide bonds. The second-order valence-electron chi connectivity index (χ2n) is 8.71. The molecule has 0 unspecified atom stereocenters. The second kappa shape index (κ2) is 11.9. The summed E-state index contributed by atoms with van der Waals surface area (Å²) in [4.78, 5) is 28.0. The van der Waals surface area contributed by atoms with Crippen LogP contribution >= 0.6 is 0 Å². The molecule has 3 aromatic carbocycles. The van der Waals surface area contributed by atoms with Gasteiger partial charge in [0.15, 0.2) is 0 Å². The van der Waals surface area contributed by atoms with Crippen LogP contribution in [0.15, 0.2) is 83.8 Å². The van der Waals surface area contributed by atoms with Crippen molar-refractivity contribution in [2.24, 2.45) is 0 Å². The van der Waals surface area contributed by atoms with Gasteiger partial charge >= 0.3 is 0 Å². The number of rotatable bonds is 10. The van der Waals surface area contributed by atoms with Crippen molar-refractivity contribution in [3.63, 3.8) is 0 Å². The van der Waals surface area contributed by atoms with Crippen molar-refractivity contribution in [3.05, 3.63) is 95.6 Å². The summed E-state index contributed by atoms with van der Waals surface area (Å²) in [5.74, 6) is -0.767. The van der Waals surface area contributed by atoms with Crippen LogP contribution in [-0.2, 0) is 26.2 Å². The molecule has 0 spiro atoms. The highest BCUT2D eigenvalue weighted by Crippen LogP contribution is 2.25. The van der Waals surface area contributed by atoms with Crippen molar-refractivity contribution in [1.29, 1.82) is 0 Å². The molecule has 7 nitrogen and oxygen atoms in total. The number of hydrogen-bond acceptors (Lipinski definition) is 4. The summed E-state index contributed by atoms with van der Waals surface area (Å²) < 4.78 is 28.5. The molecule has 0 aliphatic carbocycles. The van der Waals surface area contributed by atoms with E-state index in [4.69, 9.17) is 0 Å². The molecule has 190 valence electrons. The largest absolute Gasteiger partial charge is 0.357 e. The average molecular weight is 508 g/mol. The smallest absolute Gasteiger partial charge is 0.264 e. The molecule has 1 atom stereocenters. The molecule has 0 saturated heterocycles. The number of amides is 2. The summed E-state index contributed by atoms with van der Waals surface area (Å²) in [5.41, 5.74) is 3.23. The third kappa shape index (κ3) is 6.31. The summed E-state index contributed by atoms with van der Waals surface area (Å²) >= 11 is 0. The van der Waals surface area contributed by atoms with Gasteiger partial charge in [0.2, 0.25) is 11.8 Å². The van der Waals surface area contributed by atoms with Crippen molar-refractivity contribution in [3.8, 4) is 0 Å². The van der Waals surface area contributed by atoms with Crippen LogP contribution in [0.4, 0.5) is 5.69 Å². The Balaban J connectivity index is 2.02. The minimum Gasteiger partial charge on any atom is -0.357 e. The summed E-state index contributed by atoms with van der Waals surface area (Å²) in [5, 5.41) is 2.63. The Labute approximate surface area is 213 Å². The van der Waals surface area contributed by atoms with E-state index in [2.05, 4.69) is 5.32 Å². The van der Waals surface area contributed by atoms with Crippen molar-refractivity contribution in [1.82, 2.24) is 10.2 Å². The van der Waals surface area contributed by atoms with E-state index >= 15 is 0 Å². The van der Waals surface area contributed by atoms with E-state index in [0.717, 1.165) is 21.0 Å². The van der Waals surface area contributed by atoms with Gasteiger partial charge < -0.3 is 10.2 Å². The Morgan fingerprint density at radius 2 is 1.42 bits per heavy atom. The van der Waals surface area contributed by atoms with Crippen LogP contribution in [0.25, 0.3) is 0 Å². The second-order valence-corrected chi connectivity index (χ2v) is 10.6. The Morgan fingerprint density at radius 1 is 0.861 bits per heavy atom. The van der Waals surface area contributed by atoms with E-state index in [0.29, 0.717) is 12.1 Å². The molecule has 1 N–H and O–H groups in total. The Bertz CT molecular complexity index is 1270. The topological polar surface area (TPSA) is 86.8 Å². The number of carbonyl (C=O) groups is 2. The Hall–Kier alpha value is -3.65. The third-order valence-corrected chi connectivity index (χ3v) is 7.83. The van der Waals surface area contributed by atoms with Crippen LogP contribution in [0.5, 0.6) is 0 Å². The van der Waals surface area contributed by atoms with E-state index in [9.17, 15) is 18.0 Å². The standard InChI is InChI=1S/C28H33N3O4S/c1-5-26(28(33)29-4)30(19-23-15-11-21(2)12-16-23)27(32)20-31(24-9-7-6-8-10-24)36(34,35)25-17-13-22(3)14-18-25/h6-18,26H,5,19-20H2,1-4H3,(H,29,33)/t26-/m1/s1. The first-order chi connectivity index (χ1) is 17.2. The van der Waals surface area contributed by atoms with Gasteiger partial charge in [-0.1, -0.05) is 72.6 Å². The van der Waals surface area contributed by atoms with Crippen LogP contribution in [0, 0.1) is 13.8 Å². The zero-order chi connectivity index (χ0) is 26.3. The van der Waals surface area contributed by atoms with Gasteiger partial charge in [-0.25, -0.2) is 8.42 Å². The van der Waals surface area contributed by atoms with Gasteiger partial charge in [0.25, 0.3) is 10.0 Å². The van der Waals surface area contributed by atoms with Gasteiger partial charge in [0.05, 0.1) is 10.6 Å². The van der Waals surface area contributed by atoms with Crippen molar-refractivity contribution in [2.75, 3.05) is 17.9 Å². The first kappa shape index (κ1) is 26.9. The molecule has 0 fully saturated rings. The lowest BCUT2D eigenvalue weighted by molar-refractivity contribution is -0.140. The lowest BCUT2D eigenvalue weighted by atomic mass is 10.1. The molecular formula is C28H33N3O4S. The highest BCUT2D eigenvalue weighted by atomic mass is 32.2. The molecule has 3 rings (SSSR count). The number of para-hydroxylation sites is 1. The average Bonchev–Trinajstić information content (AvgIpc) is 2.88. The first-order valence-electron chi connectivity index (χ1n) is 11.9. The predicted molar refractivity (Wildman–Crippen MR) is 142 cm³/mol. The zero-order valence-electron chi connectivity index (χ0n) is 21.1. The monoisotopic (exact) mass is 507 g/mol. The maximum absolute atomic E-state index is 13.8. The van der Waals surface area contributed by atoms with E-state index < -0.39 is 28.5 Å². The van der Waals surface area contributed by atoms with E-state index in [1.54, 1.807) is 42.5 Å². The number of nitrogens with zero attached hydrogens (tertiary/aromatic N) is 2. The number of benzene rings is 3. The number of nitrogens with one attached hydrogen (secondary N) is 1. The highest BCUT2D eigenvalue weighted by Gasteiger charge is 2.33. The lowest BCUT2D eigenvalue weighted by Crippen LogP contribution is -2.51. The van der Waals surface area contributed by atoms with Crippen LogP contribution < -0.4 is 9.62 Å². The number of sulfonamides is 1. The van der Waals surface area contributed by atoms with Gasteiger partial charge in [-0.3, -0.25) is 13.9 Å². The van der Waals surface area contributed by atoms with E-state index in [1.807, 2.05) is 45.0 Å². The normalized spacial score (nSPS) is 12.0. The van der Waals surface area contributed by atoms with Crippen molar-refractivity contribution < 1.29 is 18.0 Å². The molecule has 0 saturated carbocycles. The lowest BCUT2D eigenvalue weighted by Gasteiger charge is -2.33. The van der Waals surface area contributed by atoms with Gasteiger partial charge in [0.1, 0.15) is 12.6 Å². The molecule has 0 aliphatic heterocycles. The molecule has 0 aromatic heterocycles. The SMILES string of the molecule is CC[C@H](C(=O)NC)N(Cc1ccc(C)cc1)C(=O)CN(c1ccccc1)S(=O)(=O)c1ccc(C)cc1. The maximum Gasteiger partial charge on any atom is 0.264 e. The summed E-state index contributed by atoms with van der Waals surface area (Å²) in [7, 11) is -2.53. The molecule has 0 heterocycles. The first-order valence-corrected chi connectivity index (χ1v) is 13.3. The molecular weight excluding hydrogens is 474 g/mol. The fourth-order valence-corrected chi connectivity index (χ4v) is 5.35. The number of carbonyl (C=O) groups excluding carboxylic acids is 2. The maximum atomic E-state index is 13.8. The van der Waals surface area contributed by atoms with Crippen LogP contribution in [0.1, 0.15) is 30.0 Å². The van der Waals surface area contributed by atoms with Crippen molar-refractivity contribution >= 4 is 27.5 Å².